The standard InChI is InChI=1S/C13H17N5/c1-10-4-3-5-11(17-10)9-18(2)13-12(8-14)15-6-7-16-13/h3-7H,8-9,14H2,1-2H3. The third-order valence-electron chi connectivity index (χ3n) is 2.65. The van der Waals surface area contributed by atoms with Gasteiger partial charge in [-0.1, -0.05) is 6.07 Å². The van der Waals surface area contributed by atoms with E-state index in [9.17, 15) is 0 Å². The lowest BCUT2D eigenvalue weighted by atomic mass is 10.3. The van der Waals surface area contributed by atoms with Crippen LogP contribution < -0.4 is 10.6 Å². The van der Waals surface area contributed by atoms with E-state index in [4.69, 9.17) is 5.73 Å². The predicted molar refractivity (Wildman–Crippen MR) is 71.0 cm³/mol. The third kappa shape index (κ3) is 2.81. The maximum Gasteiger partial charge on any atom is 0.151 e. The first-order valence-electron chi connectivity index (χ1n) is 5.84. The Morgan fingerprint density at radius 1 is 1.22 bits per heavy atom. The number of aryl methyl sites for hydroxylation is 1. The van der Waals surface area contributed by atoms with Crippen LogP contribution in [-0.4, -0.2) is 22.0 Å². The molecule has 18 heavy (non-hydrogen) atoms. The second-order valence-electron chi connectivity index (χ2n) is 4.16. The predicted octanol–water partition coefficient (Wildman–Crippen LogP) is 1.28. The van der Waals surface area contributed by atoms with E-state index in [1.165, 1.54) is 0 Å². The molecule has 0 unspecified atom stereocenters. The number of nitrogens with zero attached hydrogens (tertiary/aromatic N) is 4. The Hall–Kier alpha value is -2.01. The normalized spacial score (nSPS) is 10.4. The smallest absolute Gasteiger partial charge is 0.151 e. The molecular weight excluding hydrogens is 226 g/mol. The Morgan fingerprint density at radius 3 is 2.72 bits per heavy atom. The van der Waals surface area contributed by atoms with Crippen LogP contribution >= 0.6 is 0 Å². The van der Waals surface area contributed by atoms with Gasteiger partial charge in [0.25, 0.3) is 0 Å². The van der Waals surface area contributed by atoms with Gasteiger partial charge in [-0.25, -0.2) is 4.98 Å². The summed E-state index contributed by atoms with van der Waals surface area (Å²) in [5.74, 6) is 0.809. The summed E-state index contributed by atoms with van der Waals surface area (Å²) in [5, 5.41) is 0. The van der Waals surface area contributed by atoms with E-state index < -0.39 is 0 Å². The van der Waals surface area contributed by atoms with Crippen LogP contribution in [-0.2, 0) is 13.1 Å². The molecule has 2 heterocycles. The molecule has 5 nitrogen and oxygen atoms in total. The summed E-state index contributed by atoms with van der Waals surface area (Å²) in [7, 11) is 1.97. The molecule has 0 aliphatic rings. The highest BCUT2D eigenvalue weighted by atomic mass is 15.2. The van der Waals surface area contributed by atoms with E-state index in [0.717, 1.165) is 22.9 Å². The fourth-order valence-corrected chi connectivity index (χ4v) is 1.83. The van der Waals surface area contributed by atoms with Gasteiger partial charge < -0.3 is 10.6 Å². The summed E-state index contributed by atoms with van der Waals surface area (Å²) in [6.07, 6.45) is 3.33. The van der Waals surface area contributed by atoms with Crippen molar-refractivity contribution in [3.63, 3.8) is 0 Å². The minimum Gasteiger partial charge on any atom is -0.352 e. The van der Waals surface area contributed by atoms with Gasteiger partial charge in [0.2, 0.25) is 0 Å². The van der Waals surface area contributed by atoms with Gasteiger partial charge in [0, 0.05) is 31.7 Å². The van der Waals surface area contributed by atoms with E-state index >= 15 is 0 Å². The summed E-state index contributed by atoms with van der Waals surface area (Å²) in [5.41, 5.74) is 8.48. The van der Waals surface area contributed by atoms with Crippen molar-refractivity contribution in [2.24, 2.45) is 5.73 Å². The average molecular weight is 243 g/mol. The molecule has 0 atom stereocenters. The molecule has 2 rings (SSSR count). The van der Waals surface area contributed by atoms with Crippen LogP contribution in [0.25, 0.3) is 0 Å². The Labute approximate surface area is 107 Å². The Morgan fingerprint density at radius 2 is 2.00 bits per heavy atom. The van der Waals surface area contributed by atoms with E-state index in [0.29, 0.717) is 13.1 Å². The average Bonchev–Trinajstić information content (AvgIpc) is 2.38. The molecule has 0 aliphatic heterocycles. The van der Waals surface area contributed by atoms with E-state index in [1.807, 2.05) is 37.1 Å². The highest BCUT2D eigenvalue weighted by molar-refractivity contribution is 5.42. The molecule has 0 aliphatic carbocycles. The molecule has 0 saturated heterocycles. The molecule has 0 amide bonds. The first kappa shape index (κ1) is 12.4. The molecule has 0 fully saturated rings. The van der Waals surface area contributed by atoms with Gasteiger partial charge in [0.05, 0.1) is 17.9 Å². The van der Waals surface area contributed by atoms with Gasteiger partial charge in [0.15, 0.2) is 5.82 Å². The van der Waals surface area contributed by atoms with Gasteiger partial charge in [0.1, 0.15) is 0 Å². The summed E-state index contributed by atoms with van der Waals surface area (Å²) >= 11 is 0. The third-order valence-corrected chi connectivity index (χ3v) is 2.65. The highest BCUT2D eigenvalue weighted by Gasteiger charge is 2.09. The number of hydrogen-bond acceptors (Lipinski definition) is 5. The van der Waals surface area contributed by atoms with Crippen LogP contribution in [0.5, 0.6) is 0 Å². The van der Waals surface area contributed by atoms with Gasteiger partial charge >= 0.3 is 0 Å². The van der Waals surface area contributed by atoms with Crippen molar-refractivity contribution in [2.75, 3.05) is 11.9 Å². The van der Waals surface area contributed by atoms with Crippen molar-refractivity contribution in [1.29, 1.82) is 0 Å². The molecule has 2 aromatic rings. The van der Waals surface area contributed by atoms with Crippen LogP contribution in [0, 0.1) is 6.92 Å². The van der Waals surface area contributed by atoms with E-state index in [1.54, 1.807) is 12.4 Å². The number of rotatable bonds is 4. The minimum atomic E-state index is 0.384. The topological polar surface area (TPSA) is 67.9 Å². The monoisotopic (exact) mass is 243 g/mol. The molecule has 2 N–H and O–H groups in total. The SMILES string of the molecule is Cc1cccc(CN(C)c2nccnc2CN)n1. The quantitative estimate of drug-likeness (QED) is 0.876. The van der Waals surface area contributed by atoms with Crippen molar-refractivity contribution in [3.8, 4) is 0 Å². The summed E-state index contributed by atoms with van der Waals surface area (Å²) in [4.78, 5) is 15.0. The van der Waals surface area contributed by atoms with Crippen molar-refractivity contribution in [2.45, 2.75) is 20.0 Å². The second kappa shape index (κ2) is 5.55. The van der Waals surface area contributed by atoms with Gasteiger partial charge in [-0.2, -0.15) is 0 Å². The fourth-order valence-electron chi connectivity index (χ4n) is 1.83. The Bertz CT molecular complexity index is 526. The van der Waals surface area contributed by atoms with Crippen LogP contribution in [0.3, 0.4) is 0 Å². The maximum atomic E-state index is 5.66. The first-order chi connectivity index (χ1) is 8.70. The molecule has 0 saturated carbocycles. The lowest BCUT2D eigenvalue weighted by molar-refractivity contribution is 0.829. The number of nitrogens with two attached hydrogens (primary N) is 1. The van der Waals surface area contributed by atoms with Crippen LogP contribution in [0.2, 0.25) is 0 Å². The van der Waals surface area contributed by atoms with E-state index in [-0.39, 0.29) is 0 Å². The minimum absolute atomic E-state index is 0.384. The van der Waals surface area contributed by atoms with Crippen LogP contribution in [0.4, 0.5) is 5.82 Å². The van der Waals surface area contributed by atoms with Gasteiger partial charge in [-0.15, -0.1) is 0 Å². The highest BCUT2D eigenvalue weighted by Crippen LogP contribution is 2.14. The maximum absolute atomic E-state index is 5.66. The van der Waals surface area contributed by atoms with Crippen molar-refractivity contribution < 1.29 is 0 Å². The summed E-state index contributed by atoms with van der Waals surface area (Å²) < 4.78 is 0. The molecule has 2 aromatic heterocycles. The molecule has 0 aromatic carbocycles. The lowest BCUT2D eigenvalue weighted by Gasteiger charge is -2.19. The molecular formula is C13H17N5. The molecule has 0 radical (unpaired) electrons. The summed E-state index contributed by atoms with van der Waals surface area (Å²) in [6.45, 7) is 3.05. The van der Waals surface area contributed by atoms with Crippen LogP contribution in [0.15, 0.2) is 30.6 Å². The summed E-state index contributed by atoms with van der Waals surface area (Å²) in [6, 6.07) is 5.99. The molecule has 0 spiro atoms. The largest absolute Gasteiger partial charge is 0.352 e. The lowest BCUT2D eigenvalue weighted by Crippen LogP contribution is -2.21. The van der Waals surface area contributed by atoms with Gasteiger partial charge in [-0.05, 0) is 19.1 Å². The zero-order valence-electron chi connectivity index (χ0n) is 10.7. The Kier molecular flexibility index (Phi) is 3.84. The number of pyridine rings is 1. The molecule has 5 heteroatoms. The first-order valence-corrected chi connectivity index (χ1v) is 5.84. The zero-order chi connectivity index (χ0) is 13.0. The molecule has 0 bridgehead atoms. The number of aromatic nitrogens is 3. The van der Waals surface area contributed by atoms with Gasteiger partial charge in [-0.3, -0.25) is 9.97 Å². The molecule has 94 valence electrons. The van der Waals surface area contributed by atoms with E-state index in [2.05, 4.69) is 15.0 Å². The fraction of sp³-hybridized carbons (Fsp3) is 0.308. The van der Waals surface area contributed by atoms with Crippen molar-refractivity contribution >= 4 is 5.82 Å². The zero-order valence-corrected chi connectivity index (χ0v) is 10.7. The van der Waals surface area contributed by atoms with Crippen molar-refractivity contribution in [1.82, 2.24) is 15.0 Å². The second-order valence-corrected chi connectivity index (χ2v) is 4.16. The number of anilines is 1. The Balaban J connectivity index is 2.19. The van der Waals surface area contributed by atoms with Crippen molar-refractivity contribution in [3.05, 3.63) is 47.7 Å². The van der Waals surface area contributed by atoms with Crippen LogP contribution in [0.1, 0.15) is 17.1 Å². The number of hydrogen-bond donors (Lipinski definition) is 1.